The quantitative estimate of drug-likeness (QED) is 0.345. The van der Waals surface area contributed by atoms with Gasteiger partial charge >= 0.3 is 5.97 Å². The van der Waals surface area contributed by atoms with Crippen molar-refractivity contribution in [1.29, 1.82) is 0 Å². The Morgan fingerprint density at radius 2 is 2.17 bits per heavy atom. The number of carbonyl (C=O) groups excluding carboxylic acids is 1. The average molecular weight is 172 g/mol. The van der Waals surface area contributed by atoms with Crippen molar-refractivity contribution in [3.8, 4) is 0 Å². The van der Waals surface area contributed by atoms with Gasteiger partial charge in [-0.3, -0.25) is 0 Å². The Morgan fingerprint density at radius 1 is 1.50 bits per heavy atom. The maximum Gasteiger partial charge on any atom is 0.330 e. The van der Waals surface area contributed by atoms with Crippen LogP contribution < -0.4 is 0 Å². The van der Waals surface area contributed by atoms with Crippen LogP contribution in [0.15, 0.2) is 12.7 Å². The minimum Gasteiger partial charge on any atom is -0.460 e. The third kappa shape index (κ3) is 7.28. The first kappa shape index (κ1) is 11.2. The van der Waals surface area contributed by atoms with Crippen LogP contribution in [0.3, 0.4) is 0 Å². The third-order valence-corrected chi connectivity index (χ3v) is 1.09. The highest BCUT2D eigenvalue weighted by Gasteiger charge is 1.96. The highest BCUT2D eigenvalue weighted by Crippen LogP contribution is 1.91. The van der Waals surface area contributed by atoms with E-state index in [1.165, 1.54) is 0 Å². The third-order valence-electron chi connectivity index (χ3n) is 1.09. The Morgan fingerprint density at radius 3 is 2.67 bits per heavy atom. The summed E-state index contributed by atoms with van der Waals surface area (Å²) in [5.41, 5.74) is 0. The van der Waals surface area contributed by atoms with E-state index in [-0.39, 0.29) is 0 Å². The molecule has 0 rings (SSSR count). The summed E-state index contributed by atoms with van der Waals surface area (Å²) < 4.78 is 9.87. The van der Waals surface area contributed by atoms with Crippen molar-refractivity contribution in [2.75, 3.05) is 19.8 Å². The van der Waals surface area contributed by atoms with E-state index in [9.17, 15) is 4.79 Å². The maximum absolute atomic E-state index is 10.5. The molecular weight excluding hydrogens is 156 g/mol. The number of carbonyl (C=O) groups is 1. The van der Waals surface area contributed by atoms with Crippen LogP contribution in [-0.2, 0) is 14.3 Å². The molecule has 0 aromatic rings. The molecule has 0 N–H and O–H groups in total. The normalized spacial score (nSPS) is 9.92. The molecule has 0 atom stereocenters. The van der Waals surface area contributed by atoms with Gasteiger partial charge in [0.1, 0.15) is 6.61 Å². The van der Waals surface area contributed by atoms with Crippen LogP contribution in [0.2, 0.25) is 0 Å². The molecular formula is C9H16O3. The molecule has 0 unspecified atom stereocenters. The smallest absolute Gasteiger partial charge is 0.330 e. The van der Waals surface area contributed by atoms with Crippen LogP contribution in [0.1, 0.15) is 13.8 Å². The van der Waals surface area contributed by atoms with E-state index < -0.39 is 5.97 Å². The largest absolute Gasteiger partial charge is 0.460 e. The molecule has 0 aliphatic heterocycles. The van der Waals surface area contributed by atoms with Gasteiger partial charge in [-0.2, -0.15) is 0 Å². The van der Waals surface area contributed by atoms with E-state index in [4.69, 9.17) is 9.47 Å². The summed E-state index contributed by atoms with van der Waals surface area (Å²) in [5.74, 6) is 0.114. The minimum atomic E-state index is -0.400. The van der Waals surface area contributed by atoms with Gasteiger partial charge in [0, 0.05) is 12.7 Å². The van der Waals surface area contributed by atoms with E-state index in [0.29, 0.717) is 25.7 Å². The Labute approximate surface area is 73.4 Å². The second-order valence-corrected chi connectivity index (χ2v) is 2.84. The highest BCUT2D eigenvalue weighted by atomic mass is 16.6. The Hall–Kier alpha value is -0.830. The Kier molecular flexibility index (Phi) is 6.38. The molecule has 3 heteroatoms. The molecule has 3 nitrogen and oxygen atoms in total. The molecule has 12 heavy (non-hydrogen) atoms. The zero-order valence-electron chi connectivity index (χ0n) is 7.71. The van der Waals surface area contributed by atoms with Gasteiger partial charge in [0.25, 0.3) is 0 Å². The van der Waals surface area contributed by atoms with Crippen molar-refractivity contribution < 1.29 is 14.3 Å². The van der Waals surface area contributed by atoms with Crippen molar-refractivity contribution in [1.82, 2.24) is 0 Å². The molecule has 0 radical (unpaired) electrons. The lowest BCUT2D eigenvalue weighted by atomic mass is 10.2. The standard InChI is InChI=1S/C9H16O3/c1-4-9(10)12-6-5-11-7-8(2)3/h4,8H,1,5-7H2,2-3H3. The molecule has 70 valence electrons. The van der Waals surface area contributed by atoms with Gasteiger partial charge in [0.15, 0.2) is 0 Å². The molecule has 0 aliphatic rings. The summed E-state index contributed by atoms with van der Waals surface area (Å²) in [7, 11) is 0. The molecule has 0 aliphatic carbocycles. The minimum absolute atomic E-state index is 0.303. The lowest BCUT2D eigenvalue weighted by molar-refractivity contribution is -0.139. The van der Waals surface area contributed by atoms with Crippen molar-refractivity contribution in [2.24, 2.45) is 5.92 Å². The van der Waals surface area contributed by atoms with E-state index in [1.54, 1.807) is 0 Å². The molecule has 0 spiro atoms. The fraction of sp³-hybridized carbons (Fsp3) is 0.667. The van der Waals surface area contributed by atoms with Gasteiger partial charge < -0.3 is 9.47 Å². The fourth-order valence-corrected chi connectivity index (χ4v) is 0.579. The van der Waals surface area contributed by atoms with Gasteiger partial charge in [-0.25, -0.2) is 4.79 Å². The lowest BCUT2D eigenvalue weighted by Gasteiger charge is -2.06. The van der Waals surface area contributed by atoms with Crippen molar-refractivity contribution in [3.05, 3.63) is 12.7 Å². The van der Waals surface area contributed by atoms with Crippen LogP contribution in [0, 0.1) is 5.92 Å². The Balaban J connectivity index is 3.11. The summed E-state index contributed by atoms with van der Waals surface area (Å²) in [6.07, 6.45) is 1.14. The summed E-state index contributed by atoms with van der Waals surface area (Å²) in [4.78, 5) is 10.5. The zero-order chi connectivity index (χ0) is 9.40. The van der Waals surface area contributed by atoms with Crippen LogP contribution in [-0.4, -0.2) is 25.8 Å². The zero-order valence-corrected chi connectivity index (χ0v) is 7.71. The van der Waals surface area contributed by atoms with Crippen LogP contribution in [0.4, 0.5) is 0 Å². The topological polar surface area (TPSA) is 35.5 Å². The van der Waals surface area contributed by atoms with Gasteiger partial charge in [-0.15, -0.1) is 0 Å². The summed E-state index contributed by atoms with van der Waals surface area (Å²) in [6.45, 7) is 8.86. The fourth-order valence-electron chi connectivity index (χ4n) is 0.579. The van der Waals surface area contributed by atoms with Crippen molar-refractivity contribution in [2.45, 2.75) is 13.8 Å². The second kappa shape index (κ2) is 6.85. The molecule has 0 aromatic carbocycles. The molecule has 0 bridgehead atoms. The van der Waals surface area contributed by atoms with E-state index in [2.05, 4.69) is 20.4 Å². The maximum atomic E-state index is 10.5. The summed E-state index contributed by atoms with van der Waals surface area (Å²) >= 11 is 0. The summed E-state index contributed by atoms with van der Waals surface area (Å²) in [6, 6.07) is 0. The average Bonchev–Trinajstić information content (AvgIpc) is 2.03. The van der Waals surface area contributed by atoms with Crippen molar-refractivity contribution >= 4 is 5.97 Å². The number of esters is 1. The number of hydrogen-bond acceptors (Lipinski definition) is 3. The monoisotopic (exact) mass is 172 g/mol. The predicted octanol–water partition coefficient (Wildman–Crippen LogP) is 1.39. The van der Waals surface area contributed by atoms with E-state index in [0.717, 1.165) is 6.08 Å². The molecule has 0 heterocycles. The summed E-state index contributed by atoms with van der Waals surface area (Å²) in [5, 5.41) is 0. The van der Waals surface area contributed by atoms with Gasteiger partial charge in [-0.1, -0.05) is 20.4 Å². The van der Waals surface area contributed by atoms with Crippen LogP contribution in [0.5, 0.6) is 0 Å². The SMILES string of the molecule is C=CC(=O)OCCOCC(C)C. The van der Waals surface area contributed by atoms with Crippen LogP contribution >= 0.6 is 0 Å². The van der Waals surface area contributed by atoms with Gasteiger partial charge in [0.05, 0.1) is 6.61 Å². The van der Waals surface area contributed by atoms with E-state index >= 15 is 0 Å². The molecule has 0 aromatic heterocycles. The van der Waals surface area contributed by atoms with Gasteiger partial charge in [-0.05, 0) is 5.92 Å². The van der Waals surface area contributed by atoms with Crippen LogP contribution in [0.25, 0.3) is 0 Å². The molecule has 0 fully saturated rings. The first-order chi connectivity index (χ1) is 5.66. The second-order valence-electron chi connectivity index (χ2n) is 2.84. The first-order valence-electron chi connectivity index (χ1n) is 4.03. The molecule has 0 amide bonds. The first-order valence-corrected chi connectivity index (χ1v) is 4.03. The number of rotatable bonds is 6. The number of ether oxygens (including phenoxy) is 2. The highest BCUT2D eigenvalue weighted by molar-refractivity contribution is 5.81. The van der Waals surface area contributed by atoms with E-state index in [1.807, 2.05) is 0 Å². The van der Waals surface area contributed by atoms with Crippen molar-refractivity contribution in [3.63, 3.8) is 0 Å². The number of hydrogen-bond donors (Lipinski definition) is 0. The lowest BCUT2D eigenvalue weighted by Crippen LogP contribution is -2.10. The molecule has 0 saturated heterocycles. The van der Waals surface area contributed by atoms with Gasteiger partial charge in [0.2, 0.25) is 0 Å². The Bertz CT molecular complexity index is 141. The predicted molar refractivity (Wildman–Crippen MR) is 46.8 cm³/mol. The molecule has 0 saturated carbocycles.